The summed E-state index contributed by atoms with van der Waals surface area (Å²) in [5.41, 5.74) is 8.74. The third kappa shape index (κ3) is 4.32. The second kappa shape index (κ2) is 7.41. The monoisotopic (exact) mass is 289 g/mol. The molecule has 0 fully saturated rings. The van der Waals surface area contributed by atoms with Crippen LogP contribution in [0.1, 0.15) is 24.8 Å². The number of anilines is 1. The van der Waals surface area contributed by atoms with Gasteiger partial charge in [0.05, 0.1) is 10.7 Å². The number of benzene rings is 1. The molecule has 0 saturated carbocycles. The van der Waals surface area contributed by atoms with Crippen LogP contribution in [-0.4, -0.2) is 30.0 Å². The number of unbranched alkanes of at least 4 members (excludes halogenated alkanes) is 1. The van der Waals surface area contributed by atoms with Crippen LogP contribution in [0.5, 0.6) is 0 Å². The minimum Gasteiger partial charge on any atom is -0.399 e. The number of nitrogens with two attached hydrogens (primary N) is 1. The van der Waals surface area contributed by atoms with Crippen molar-refractivity contribution < 1.29 is 0 Å². The van der Waals surface area contributed by atoms with E-state index >= 15 is 0 Å². The summed E-state index contributed by atoms with van der Waals surface area (Å²) < 4.78 is 0. The first-order chi connectivity index (χ1) is 9.69. The van der Waals surface area contributed by atoms with Crippen LogP contribution in [0.3, 0.4) is 0 Å². The third-order valence-corrected chi connectivity index (χ3v) is 4.24. The SMILES string of the molecule is CCCCN(C)CCc1nc(-c2cccc(N)c2)cs1. The highest BCUT2D eigenvalue weighted by Gasteiger charge is 2.06. The van der Waals surface area contributed by atoms with E-state index in [4.69, 9.17) is 10.7 Å². The summed E-state index contributed by atoms with van der Waals surface area (Å²) in [5, 5.41) is 3.32. The van der Waals surface area contributed by atoms with Crippen LogP contribution in [-0.2, 0) is 6.42 Å². The van der Waals surface area contributed by atoms with Gasteiger partial charge in [0.15, 0.2) is 0 Å². The van der Waals surface area contributed by atoms with Crippen molar-refractivity contribution >= 4 is 17.0 Å². The Morgan fingerprint density at radius 3 is 2.90 bits per heavy atom. The molecule has 1 aromatic heterocycles. The Kier molecular flexibility index (Phi) is 5.56. The molecule has 0 bridgehead atoms. The first-order valence-electron chi connectivity index (χ1n) is 7.18. The van der Waals surface area contributed by atoms with Crippen molar-refractivity contribution in [2.45, 2.75) is 26.2 Å². The average Bonchev–Trinajstić information content (AvgIpc) is 2.92. The van der Waals surface area contributed by atoms with E-state index in [0.717, 1.165) is 29.9 Å². The minimum absolute atomic E-state index is 0.788. The number of aromatic nitrogens is 1. The molecule has 1 aromatic carbocycles. The first-order valence-corrected chi connectivity index (χ1v) is 8.06. The van der Waals surface area contributed by atoms with Gasteiger partial charge in [-0.2, -0.15) is 0 Å². The van der Waals surface area contributed by atoms with E-state index in [2.05, 4.69) is 30.3 Å². The highest BCUT2D eigenvalue weighted by molar-refractivity contribution is 7.09. The molecule has 108 valence electrons. The lowest BCUT2D eigenvalue weighted by molar-refractivity contribution is 0.332. The van der Waals surface area contributed by atoms with Gasteiger partial charge >= 0.3 is 0 Å². The normalized spacial score (nSPS) is 11.2. The molecule has 2 aromatic rings. The van der Waals surface area contributed by atoms with Crippen molar-refractivity contribution in [2.24, 2.45) is 0 Å². The Hall–Kier alpha value is -1.39. The van der Waals surface area contributed by atoms with Crippen LogP contribution in [0.4, 0.5) is 5.69 Å². The maximum absolute atomic E-state index is 5.82. The summed E-state index contributed by atoms with van der Waals surface area (Å²) in [7, 11) is 2.18. The average molecular weight is 289 g/mol. The predicted octanol–water partition coefficient (Wildman–Crippen LogP) is 3.67. The van der Waals surface area contributed by atoms with Gasteiger partial charge in [-0.05, 0) is 32.1 Å². The van der Waals surface area contributed by atoms with Gasteiger partial charge in [0, 0.05) is 29.6 Å². The fraction of sp³-hybridized carbons (Fsp3) is 0.438. The number of thiazole rings is 1. The smallest absolute Gasteiger partial charge is 0.0945 e. The maximum Gasteiger partial charge on any atom is 0.0945 e. The lowest BCUT2D eigenvalue weighted by atomic mass is 10.1. The molecule has 2 rings (SSSR count). The van der Waals surface area contributed by atoms with E-state index in [9.17, 15) is 0 Å². The zero-order valence-corrected chi connectivity index (χ0v) is 13.1. The van der Waals surface area contributed by atoms with Gasteiger partial charge in [-0.15, -0.1) is 11.3 Å². The van der Waals surface area contributed by atoms with E-state index in [1.54, 1.807) is 11.3 Å². The summed E-state index contributed by atoms with van der Waals surface area (Å²) in [6.45, 7) is 4.47. The highest BCUT2D eigenvalue weighted by atomic mass is 32.1. The first kappa shape index (κ1) is 15.0. The van der Waals surface area contributed by atoms with Crippen LogP contribution in [0, 0.1) is 0 Å². The van der Waals surface area contributed by atoms with Crippen LogP contribution in [0.2, 0.25) is 0 Å². The molecule has 0 aliphatic heterocycles. The van der Waals surface area contributed by atoms with Crippen molar-refractivity contribution in [1.29, 1.82) is 0 Å². The van der Waals surface area contributed by atoms with Crippen LogP contribution in [0.25, 0.3) is 11.3 Å². The molecule has 3 nitrogen and oxygen atoms in total. The van der Waals surface area contributed by atoms with E-state index in [1.165, 1.54) is 24.4 Å². The zero-order valence-electron chi connectivity index (χ0n) is 12.3. The van der Waals surface area contributed by atoms with Gasteiger partial charge in [0.1, 0.15) is 0 Å². The number of rotatable bonds is 7. The summed E-state index contributed by atoms with van der Waals surface area (Å²) in [6, 6.07) is 7.91. The van der Waals surface area contributed by atoms with Gasteiger partial charge in [-0.3, -0.25) is 0 Å². The number of hydrogen-bond acceptors (Lipinski definition) is 4. The molecular weight excluding hydrogens is 266 g/mol. The number of hydrogen-bond donors (Lipinski definition) is 1. The molecule has 4 heteroatoms. The van der Waals surface area contributed by atoms with E-state index in [0.29, 0.717) is 0 Å². The molecule has 20 heavy (non-hydrogen) atoms. The molecule has 0 atom stereocenters. The molecule has 0 aliphatic rings. The van der Waals surface area contributed by atoms with Crippen LogP contribution < -0.4 is 5.73 Å². The molecular formula is C16H23N3S. The van der Waals surface area contributed by atoms with E-state index in [1.807, 2.05) is 18.2 Å². The van der Waals surface area contributed by atoms with E-state index < -0.39 is 0 Å². The summed E-state index contributed by atoms with van der Waals surface area (Å²) in [6.07, 6.45) is 3.54. The summed E-state index contributed by atoms with van der Waals surface area (Å²) >= 11 is 1.74. The lowest BCUT2D eigenvalue weighted by Gasteiger charge is -2.14. The number of nitrogens with zero attached hydrogens (tertiary/aromatic N) is 2. The van der Waals surface area contributed by atoms with Gasteiger partial charge in [-0.25, -0.2) is 4.98 Å². The topological polar surface area (TPSA) is 42.2 Å². The van der Waals surface area contributed by atoms with Crippen molar-refractivity contribution in [3.05, 3.63) is 34.7 Å². The Bertz CT molecular complexity index is 536. The lowest BCUT2D eigenvalue weighted by Crippen LogP contribution is -2.22. The summed E-state index contributed by atoms with van der Waals surface area (Å²) in [4.78, 5) is 7.09. The quantitative estimate of drug-likeness (QED) is 0.791. The van der Waals surface area contributed by atoms with Crippen molar-refractivity contribution in [2.75, 3.05) is 25.9 Å². The number of likely N-dealkylation sites (N-methyl/N-ethyl adjacent to an activating group) is 1. The molecule has 0 saturated heterocycles. The van der Waals surface area contributed by atoms with Gasteiger partial charge in [-0.1, -0.05) is 25.5 Å². The van der Waals surface area contributed by atoms with Gasteiger partial charge in [0.25, 0.3) is 0 Å². The zero-order chi connectivity index (χ0) is 14.4. The van der Waals surface area contributed by atoms with E-state index in [-0.39, 0.29) is 0 Å². The second-order valence-corrected chi connectivity index (χ2v) is 6.10. The molecule has 0 spiro atoms. The Labute approximate surface area is 125 Å². The number of nitrogen functional groups attached to an aromatic ring is 1. The van der Waals surface area contributed by atoms with Crippen LogP contribution in [0.15, 0.2) is 29.6 Å². The molecule has 2 N–H and O–H groups in total. The minimum atomic E-state index is 0.788. The second-order valence-electron chi connectivity index (χ2n) is 5.16. The van der Waals surface area contributed by atoms with Gasteiger partial charge in [0.2, 0.25) is 0 Å². The largest absolute Gasteiger partial charge is 0.399 e. The predicted molar refractivity (Wildman–Crippen MR) is 88.1 cm³/mol. The molecule has 0 unspecified atom stereocenters. The molecule has 0 aliphatic carbocycles. The third-order valence-electron chi connectivity index (χ3n) is 3.33. The fourth-order valence-corrected chi connectivity index (χ4v) is 2.88. The summed E-state index contributed by atoms with van der Waals surface area (Å²) in [5.74, 6) is 0. The van der Waals surface area contributed by atoms with Crippen molar-refractivity contribution in [3.8, 4) is 11.3 Å². The van der Waals surface area contributed by atoms with Crippen molar-refractivity contribution in [3.63, 3.8) is 0 Å². The molecule has 0 amide bonds. The molecule has 0 radical (unpaired) electrons. The Morgan fingerprint density at radius 1 is 1.30 bits per heavy atom. The van der Waals surface area contributed by atoms with Gasteiger partial charge < -0.3 is 10.6 Å². The highest BCUT2D eigenvalue weighted by Crippen LogP contribution is 2.23. The Morgan fingerprint density at radius 2 is 2.15 bits per heavy atom. The van der Waals surface area contributed by atoms with Crippen molar-refractivity contribution in [1.82, 2.24) is 9.88 Å². The molecule has 1 heterocycles. The standard InChI is InChI=1S/C16H23N3S/c1-3-4-9-19(2)10-8-16-18-15(12-20-16)13-6-5-7-14(17)11-13/h5-7,11-12H,3-4,8-10,17H2,1-2H3. The maximum atomic E-state index is 5.82. The fourth-order valence-electron chi connectivity index (χ4n) is 2.08. The Balaban J connectivity index is 1.92. The van der Waals surface area contributed by atoms with Crippen LogP contribution >= 0.6 is 11.3 Å².